The van der Waals surface area contributed by atoms with Crippen LogP contribution in [0.1, 0.15) is 24.8 Å². The molecule has 1 heterocycles. The fourth-order valence-electron chi connectivity index (χ4n) is 2.55. The molecule has 1 aromatic rings. The van der Waals surface area contributed by atoms with Crippen molar-refractivity contribution in [3.8, 4) is 5.75 Å². The largest absolute Gasteiger partial charge is 0.492 e. The Labute approximate surface area is 139 Å². The third kappa shape index (κ3) is 6.24. The average Bonchev–Trinajstić information content (AvgIpc) is 2.50. The summed E-state index contributed by atoms with van der Waals surface area (Å²) >= 11 is 0. The first-order valence-electron chi connectivity index (χ1n) is 7.79. The highest BCUT2D eigenvalue weighted by Crippen LogP contribution is 2.17. The molecule has 1 fully saturated rings. The average molecular weight is 327 g/mol. The van der Waals surface area contributed by atoms with E-state index in [1.807, 2.05) is 31.3 Å². The number of halogens is 1. The molecule has 0 radical (unpaired) electrons. The first kappa shape index (κ1) is 18.8. The van der Waals surface area contributed by atoms with E-state index in [-0.39, 0.29) is 18.3 Å². The van der Waals surface area contributed by atoms with Crippen molar-refractivity contribution in [2.75, 3.05) is 33.3 Å². The molecule has 1 aliphatic heterocycles. The van der Waals surface area contributed by atoms with Gasteiger partial charge in [0.05, 0.1) is 6.54 Å². The van der Waals surface area contributed by atoms with E-state index >= 15 is 0 Å². The van der Waals surface area contributed by atoms with Gasteiger partial charge in [-0.25, -0.2) is 0 Å². The van der Waals surface area contributed by atoms with E-state index in [1.54, 1.807) is 4.90 Å². The second-order valence-corrected chi connectivity index (χ2v) is 5.87. The highest BCUT2D eigenvalue weighted by atomic mass is 35.5. The molecule has 2 rings (SSSR count). The molecule has 1 aromatic carbocycles. The number of nitrogens with one attached hydrogen (secondary N) is 1. The zero-order valence-corrected chi connectivity index (χ0v) is 14.3. The zero-order valence-electron chi connectivity index (χ0n) is 13.5. The van der Waals surface area contributed by atoms with Gasteiger partial charge < -0.3 is 15.0 Å². The molecule has 0 atom stereocenters. The summed E-state index contributed by atoms with van der Waals surface area (Å²) in [5.41, 5.74) is 1.22. The minimum absolute atomic E-state index is 0. The number of hydrogen-bond donors (Lipinski definition) is 1. The Balaban J connectivity index is 0.00000242. The predicted octanol–water partition coefficient (Wildman–Crippen LogP) is 2.64. The molecule has 22 heavy (non-hydrogen) atoms. The summed E-state index contributed by atoms with van der Waals surface area (Å²) in [7, 11) is 1.86. The van der Waals surface area contributed by atoms with E-state index in [0.717, 1.165) is 31.7 Å². The molecular weight excluding hydrogens is 300 g/mol. The van der Waals surface area contributed by atoms with Crippen LogP contribution in [0.4, 0.5) is 0 Å². The van der Waals surface area contributed by atoms with E-state index in [2.05, 4.69) is 12.2 Å². The summed E-state index contributed by atoms with van der Waals surface area (Å²) in [4.78, 5) is 13.9. The van der Waals surface area contributed by atoms with Gasteiger partial charge in [-0.3, -0.25) is 4.79 Å². The Hall–Kier alpha value is -1.26. The van der Waals surface area contributed by atoms with Crippen LogP contribution >= 0.6 is 12.4 Å². The molecule has 1 saturated heterocycles. The fourth-order valence-corrected chi connectivity index (χ4v) is 2.55. The number of carbonyl (C=O) groups excluding carboxylic acids is 1. The summed E-state index contributed by atoms with van der Waals surface area (Å²) in [5.74, 6) is 1.63. The molecule has 0 aliphatic carbocycles. The van der Waals surface area contributed by atoms with Crippen LogP contribution < -0.4 is 10.1 Å². The molecule has 1 aliphatic rings. The zero-order chi connectivity index (χ0) is 15.1. The summed E-state index contributed by atoms with van der Waals surface area (Å²) in [6.07, 6.45) is 2.89. The standard InChI is InChI=1S/C17H26N2O2.ClH/c1-14-3-5-16(6-4-14)21-12-11-19(2)17(20)13-15-7-9-18-10-8-15;/h3-6,15,18H,7-13H2,1-2H3;1H. The van der Waals surface area contributed by atoms with Crippen LogP contribution in [0, 0.1) is 12.8 Å². The molecule has 0 spiro atoms. The van der Waals surface area contributed by atoms with Crippen LogP contribution in [0.5, 0.6) is 5.75 Å². The van der Waals surface area contributed by atoms with Gasteiger partial charge in [-0.15, -0.1) is 12.4 Å². The third-order valence-electron chi connectivity index (χ3n) is 4.06. The van der Waals surface area contributed by atoms with Crippen molar-refractivity contribution in [1.82, 2.24) is 10.2 Å². The van der Waals surface area contributed by atoms with Crippen LogP contribution in [0.25, 0.3) is 0 Å². The normalized spacial score (nSPS) is 15.0. The van der Waals surface area contributed by atoms with Crippen LogP contribution in [-0.4, -0.2) is 44.1 Å². The molecule has 4 nitrogen and oxygen atoms in total. The van der Waals surface area contributed by atoms with E-state index < -0.39 is 0 Å². The summed E-state index contributed by atoms with van der Waals surface area (Å²) < 4.78 is 5.67. The van der Waals surface area contributed by atoms with Crippen molar-refractivity contribution < 1.29 is 9.53 Å². The number of benzene rings is 1. The van der Waals surface area contributed by atoms with Gasteiger partial charge in [-0.2, -0.15) is 0 Å². The van der Waals surface area contributed by atoms with Gasteiger partial charge in [-0.05, 0) is 50.9 Å². The van der Waals surface area contributed by atoms with Gasteiger partial charge in [0.15, 0.2) is 0 Å². The van der Waals surface area contributed by atoms with Crippen molar-refractivity contribution in [1.29, 1.82) is 0 Å². The number of piperidine rings is 1. The summed E-state index contributed by atoms with van der Waals surface area (Å²) in [5, 5.41) is 3.33. The molecule has 5 heteroatoms. The maximum Gasteiger partial charge on any atom is 0.222 e. The second kappa shape index (κ2) is 9.70. The van der Waals surface area contributed by atoms with Gasteiger partial charge in [-0.1, -0.05) is 17.7 Å². The molecule has 1 amide bonds. The van der Waals surface area contributed by atoms with Crippen LogP contribution in [0.15, 0.2) is 24.3 Å². The molecule has 0 saturated carbocycles. The number of rotatable bonds is 6. The Morgan fingerprint density at radius 3 is 2.55 bits per heavy atom. The van der Waals surface area contributed by atoms with Gasteiger partial charge in [0, 0.05) is 13.5 Å². The van der Waals surface area contributed by atoms with Gasteiger partial charge in [0.1, 0.15) is 12.4 Å². The predicted molar refractivity (Wildman–Crippen MR) is 91.8 cm³/mol. The molecule has 0 unspecified atom stereocenters. The lowest BCUT2D eigenvalue weighted by Crippen LogP contribution is -2.35. The van der Waals surface area contributed by atoms with Crippen LogP contribution in [-0.2, 0) is 4.79 Å². The van der Waals surface area contributed by atoms with E-state index in [1.165, 1.54) is 5.56 Å². The smallest absolute Gasteiger partial charge is 0.222 e. The van der Waals surface area contributed by atoms with Crippen LogP contribution in [0.2, 0.25) is 0 Å². The minimum atomic E-state index is 0. The lowest BCUT2D eigenvalue weighted by molar-refractivity contribution is -0.131. The van der Waals surface area contributed by atoms with Crippen molar-refractivity contribution in [3.05, 3.63) is 29.8 Å². The maximum atomic E-state index is 12.1. The quantitative estimate of drug-likeness (QED) is 0.873. The van der Waals surface area contributed by atoms with E-state index in [0.29, 0.717) is 25.5 Å². The number of nitrogens with zero attached hydrogens (tertiary/aromatic N) is 1. The van der Waals surface area contributed by atoms with Gasteiger partial charge >= 0.3 is 0 Å². The SMILES string of the molecule is Cc1ccc(OCCN(C)C(=O)CC2CCNCC2)cc1.Cl. The highest BCUT2D eigenvalue weighted by molar-refractivity contribution is 5.85. The van der Waals surface area contributed by atoms with Gasteiger partial charge in [0.2, 0.25) is 5.91 Å². The Morgan fingerprint density at radius 1 is 1.27 bits per heavy atom. The molecule has 1 N–H and O–H groups in total. The molecule has 0 bridgehead atoms. The van der Waals surface area contributed by atoms with E-state index in [4.69, 9.17) is 4.74 Å². The van der Waals surface area contributed by atoms with Crippen molar-refractivity contribution in [2.45, 2.75) is 26.2 Å². The van der Waals surface area contributed by atoms with E-state index in [9.17, 15) is 4.79 Å². The Morgan fingerprint density at radius 2 is 1.91 bits per heavy atom. The lowest BCUT2D eigenvalue weighted by Gasteiger charge is -2.25. The maximum absolute atomic E-state index is 12.1. The first-order chi connectivity index (χ1) is 10.1. The van der Waals surface area contributed by atoms with Crippen LogP contribution in [0.3, 0.4) is 0 Å². The second-order valence-electron chi connectivity index (χ2n) is 5.87. The number of aryl methyl sites for hydroxylation is 1. The molecule has 124 valence electrons. The Kier molecular flexibility index (Phi) is 8.28. The lowest BCUT2D eigenvalue weighted by atomic mass is 9.94. The topological polar surface area (TPSA) is 41.6 Å². The first-order valence-corrected chi connectivity index (χ1v) is 7.79. The van der Waals surface area contributed by atoms with Crippen molar-refractivity contribution in [2.24, 2.45) is 5.92 Å². The number of likely N-dealkylation sites (N-methyl/N-ethyl adjacent to an activating group) is 1. The number of ether oxygens (including phenoxy) is 1. The third-order valence-corrected chi connectivity index (χ3v) is 4.06. The van der Waals surface area contributed by atoms with Crippen molar-refractivity contribution in [3.63, 3.8) is 0 Å². The molecular formula is C17H27ClN2O2. The summed E-state index contributed by atoms with van der Waals surface area (Å²) in [6.45, 7) is 5.31. The molecule has 0 aromatic heterocycles. The number of carbonyl (C=O) groups is 1. The monoisotopic (exact) mass is 326 g/mol. The Bertz CT molecular complexity index is 444. The fraction of sp³-hybridized carbons (Fsp3) is 0.588. The number of hydrogen-bond acceptors (Lipinski definition) is 3. The summed E-state index contributed by atoms with van der Waals surface area (Å²) in [6, 6.07) is 7.99. The number of amides is 1. The van der Waals surface area contributed by atoms with Crippen molar-refractivity contribution >= 4 is 18.3 Å². The highest BCUT2D eigenvalue weighted by Gasteiger charge is 2.18. The minimum Gasteiger partial charge on any atom is -0.492 e. The van der Waals surface area contributed by atoms with Gasteiger partial charge in [0.25, 0.3) is 0 Å².